The minimum absolute atomic E-state index is 0.331. The number of halogens is 1. The molecule has 2 nitrogen and oxygen atoms in total. The molecule has 0 unspecified atom stereocenters. The van der Waals surface area contributed by atoms with Crippen LogP contribution in [0, 0.1) is 0 Å². The highest BCUT2D eigenvalue weighted by Crippen LogP contribution is 2.20. The average Bonchev–Trinajstić information content (AvgIpc) is 2.14. The van der Waals surface area contributed by atoms with E-state index in [-0.39, 0.29) is 0 Å². The summed E-state index contributed by atoms with van der Waals surface area (Å²) in [5.41, 5.74) is 7.21. The van der Waals surface area contributed by atoms with Crippen LogP contribution in [0.25, 0.3) is 0 Å². The standard InChI is InChI=1S/C10H13ClN2S/c1-2-5-13-7-3-4-8(10(12)14)9(11)6-7/h3-4,6,13H,2,5H2,1H3,(H2,12,14). The van der Waals surface area contributed by atoms with Crippen LogP contribution in [0.5, 0.6) is 0 Å². The molecule has 0 saturated carbocycles. The van der Waals surface area contributed by atoms with Crippen LogP contribution in [-0.2, 0) is 0 Å². The second-order valence-corrected chi connectivity index (χ2v) is 3.83. The van der Waals surface area contributed by atoms with Gasteiger partial charge in [0.25, 0.3) is 0 Å². The Kier molecular flexibility index (Phi) is 4.17. The number of rotatable bonds is 4. The molecule has 14 heavy (non-hydrogen) atoms. The molecular weight excluding hydrogens is 216 g/mol. The fraction of sp³-hybridized carbons (Fsp3) is 0.300. The second kappa shape index (κ2) is 5.17. The van der Waals surface area contributed by atoms with E-state index in [9.17, 15) is 0 Å². The topological polar surface area (TPSA) is 38.0 Å². The summed E-state index contributed by atoms with van der Waals surface area (Å²) in [6.45, 7) is 3.04. The molecule has 0 bridgehead atoms. The molecule has 0 fully saturated rings. The Morgan fingerprint density at radius 3 is 2.79 bits per heavy atom. The van der Waals surface area contributed by atoms with Gasteiger partial charge in [-0.2, -0.15) is 0 Å². The van der Waals surface area contributed by atoms with Gasteiger partial charge in [-0.1, -0.05) is 30.7 Å². The number of hydrogen-bond acceptors (Lipinski definition) is 2. The van der Waals surface area contributed by atoms with E-state index in [0.717, 1.165) is 24.2 Å². The first-order chi connectivity index (χ1) is 6.65. The van der Waals surface area contributed by atoms with Crippen LogP contribution >= 0.6 is 23.8 Å². The van der Waals surface area contributed by atoms with Gasteiger partial charge in [0.05, 0.1) is 5.02 Å². The Morgan fingerprint density at radius 1 is 1.57 bits per heavy atom. The molecule has 0 saturated heterocycles. The molecule has 0 amide bonds. The molecule has 1 aromatic carbocycles. The lowest BCUT2D eigenvalue weighted by Gasteiger charge is -2.07. The molecule has 76 valence electrons. The van der Waals surface area contributed by atoms with Crippen LogP contribution in [0.2, 0.25) is 5.02 Å². The molecule has 0 aromatic heterocycles. The normalized spacial score (nSPS) is 9.86. The molecule has 4 heteroatoms. The fourth-order valence-corrected chi connectivity index (χ4v) is 1.61. The zero-order valence-corrected chi connectivity index (χ0v) is 9.58. The van der Waals surface area contributed by atoms with E-state index < -0.39 is 0 Å². The molecule has 0 aliphatic heterocycles. The van der Waals surface area contributed by atoms with Crippen LogP contribution in [0.15, 0.2) is 18.2 Å². The van der Waals surface area contributed by atoms with Gasteiger partial charge in [0.2, 0.25) is 0 Å². The third-order valence-corrected chi connectivity index (χ3v) is 2.35. The van der Waals surface area contributed by atoms with Crippen molar-refractivity contribution in [3.05, 3.63) is 28.8 Å². The summed E-state index contributed by atoms with van der Waals surface area (Å²) in [6, 6.07) is 5.60. The Labute approximate surface area is 94.4 Å². The van der Waals surface area contributed by atoms with Crippen LogP contribution < -0.4 is 11.1 Å². The molecule has 0 atom stereocenters. The highest BCUT2D eigenvalue weighted by atomic mass is 35.5. The molecular formula is C10H13ClN2S. The number of anilines is 1. The van der Waals surface area contributed by atoms with E-state index in [4.69, 9.17) is 29.6 Å². The van der Waals surface area contributed by atoms with Crippen molar-refractivity contribution in [1.29, 1.82) is 0 Å². The number of thiocarbonyl (C=S) groups is 1. The molecule has 0 aliphatic carbocycles. The minimum atomic E-state index is 0.331. The average molecular weight is 229 g/mol. The minimum Gasteiger partial charge on any atom is -0.389 e. The van der Waals surface area contributed by atoms with Crippen molar-refractivity contribution in [2.75, 3.05) is 11.9 Å². The van der Waals surface area contributed by atoms with E-state index in [2.05, 4.69) is 12.2 Å². The van der Waals surface area contributed by atoms with E-state index in [1.807, 2.05) is 18.2 Å². The van der Waals surface area contributed by atoms with Gasteiger partial charge in [0.1, 0.15) is 4.99 Å². The molecule has 1 aromatic rings. The summed E-state index contributed by atoms with van der Waals surface area (Å²) in [6.07, 6.45) is 1.08. The largest absolute Gasteiger partial charge is 0.389 e. The second-order valence-electron chi connectivity index (χ2n) is 2.99. The Balaban J connectivity index is 2.83. The van der Waals surface area contributed by atoms with E-state index >= 15 is 0 Å². The predicted octanol–water partition coefficient (Wildman–Crippen LogP) is 2.80. The van der Waals surface area contributed by atoms with E-state index in [0.29, 0.717) is 10.0 Å². The van der Waals surface area contributed by atoms with Crippen molar-refractivity contribution in [2.45, 2.75) is 13.3 Å². The molecule has 0 heterocycles. The van der Waals surface area contributed by atoms with Gasteiger partial charge in [-0.25, -0.2) is 0 Å². The fourth-order valence-electron chi connectivity index (χ4n) is 1.09. The summed E-state index contributed by atoms with van der Waals surface area (Å²) < 4.78 is 0. The molecule has 0 radical (unpaired) electrons. The third-order valence-electron chi connectivity index (χ3n) is 1.81. The first kappa shape index (κ1) is 11.3. The zero-order valence-electron chi connectivity index (χ0n) is 8.01. The van der Waals surface area contributed by atoms with Gasteiger partial charge >= 0.3 is 0 Å². The summed E-state index contributed by atoms with van der Waals surface area (Å²) in [5.74, 6) is 0. The monoisotopic (exact) mass is 228 g/mol. The lowest BCUT2D eigenvalue weighted by molar-refractivity contribution is 0.980. The van der Waals surface area contributed by atoms with Crippen LogP contribution in [0.3, 0.4) is 0 Å². The van der Waals surface area contributed by atoms with Crippen LogP contribution in [0.4, 0.5) is 5.69 Å². The SMILES string of the molecule is CCCNc1ccc(C(N)=S)c(Cl)c1. The summed E-state index contributed by atoms with van der Waals surface area (Å²) >= 11 is 10.8. The number of hydrogen-bond donors (Lipinski definition) is 2. The molecule has 0 aliphatic rings. The molecule has 1 rings (SSSR count). The van der Waals surface area contributed by atoms with E-state index in [1.165, 1.54) is 0 Å². The summed E-state index contributed by atoms with van der Waals surface area (Å²) in [7, 11) is 0. The van der Waals surface area contributed by atoms with Crippen LogP contribution in [0.1, 0.15) is 18.9 Å². The van der Waals surface area contributed by atoms with Crippen LogP contribution in [-0.4, -0.2) is 11.5 Å². The third kappa shape index (κ3) is 2.86. The van der Waals surface area contributed by atoms with Gasteiger partial charge in [-0.15, -0.1) is 0 Å². The molecule has 3 N–H and O–H groups in total. The number of nitrogens with two attached hydrogens (primary N) is 1. The first-order valence-electron chi connectivity index (χ1n) is 4.48. The van der Waals surface area contributed by atoms with Gasteiger partial charge in [-0.05, 0) is 24.6 Å². The smallest absolute Gasteiger partial charge is 0.105 e. The van der Waals surface area contributed by atoms with Crippen molar-refractivity contribution >= 4 is 34.5 Å². The summed E-state index contributed by atoms with van der Waals surface area (Å²) in [4.78, 5) is 0.331. The predicted molar refractivity (Wildman–Crippen MR) is 66.1 cm³/mol. The number of benzene rings is 1. The van der Waals surface area contributed by atoms with Crippen molar-refractivity contribution in [1.82, 2.24) is 0 Å². The Hall–Kier alpha value is -0.800. The summed E-state index contributed by atoms with van der Waals surface area (Å²) in [5, 5.41) is 3.83. The highest BCUT2D eigenvalue weighted by molar-refractivity contribution is 7.80. The maximum Gasteiger partial charge on any atom is 0.105 e. The van der Waals surface area contributed by atoms with Gasteiger partial charge < -0.3 is 11.1 Å². The van der Waals surface area contributed by atoms with E-state index in [1.54, 1.807) is 0 Å². The maximum atomic E-state index is 6.00. The van der Waals surface area contributed by atoms with Crippen molar-refractivity contribution in [3.63, 3.8) is 0 Å². The van der Waals surface area contributed by atoms with Crippen molar-refractivity contribution in [2.24, 2.45) is 5.73 Å². The number of nitrogens with one attached hydrogen (secondary N) is 1. The quantitative estimate of drug-likeness (QED) is 0.779. The Morgan fingerprint density at radius 2 is 2.29 bits per heavy atom. The first-order valence-corrected chi connectivity index (χ1v) is 5.27. The lowest BCUT2D eigenvalue weighted by atomic mass is 10.2. The van der Waals surface area contributed by atoms with Crippen molar-refractivity contribution < 1.29 is 0 Å². The van der Waals surface area contributed by atoms with Gasteiger partial charge in [0.15, 0.2) is 0 Å². The highest BCUT2D eigenvalue weighted by Gasteiger charge is 2.03. The van der Waals surface area contributed by atoms with Crippen molar-refractivity contribution in [3.8, 4) is 0 Å². The van der Waals surface area contributed by atoms with Gasteiger partial charge in [0, 0.05) is 17.8 Å². The maximum absolute atomic E-state index is 6.00. The molecule has 0 spiro atoms. The van der Waals surface area contributed by atoms with Gasteiger partial charge in [-0.3, -0.25) is 0 Å². The Bertz CT molecular complexity index is 339. The lowest BCUT2D eigenvalue weighted by Crippen LogP contribution is -2.10. The zero-order chi connectivity index (χ0) is 10.6.